The molecule has 0 spiro atoms. The number of amides is 2. The van der Waals surface area contributed by atoms with E-state index in [1.165, 1.54) is 4.90 Å². The van der Waals surface area contributed by atoms with Crippen LogP contribution in [0.2, 0.25) is 0 Å². The van der Waals surface area contributed by atoms with Gasteiger partial charge in [0.25, 0.3) is 0 Å². The number of likely N-dealkylation sites (N-methyl/N-ethyl adjacent to an activating group) is 1. The van der Waals surface area contributed by atoms with Crippen molar-refractivity contribution in [3.63, 3.8) is 0 Å². The van der Waals surface area contributed by atoms with Gasteiger partial charge in [0.05, 0.1) is 0 Å². The van der Waals surface area contributed by atoms with Crippen LogP contribution in [0.4, 0.5) is 4.79 Å². The Labute approximate surface area is 115 Å². The zero-order valence-electron chi connectivity index (χ0n) is 12.6. The fourth-order valence-electron chi connectivity index (χ4n) is 2.92. The molecule has 1 heterocycles. The van der Waals surface area contributed by atoms with Gasteiger partial charge in [-0.05, 0) is 31.6 Å². The predicted molar refractivity (Wildman–Crippen MR) is 74.0 cm³/mol. The fourth-order valence-corrected chi connectivity index (χ4v) is 2.92. The number of hydrogen-bond acceptors (Lipinski definition) is 2. The molecule has 1 aliphatic heterocycles. The molecule has 5 heteroatoms. The fraction of sp³-hybridized carbons (Fsp3) is 0.857. The molecular weight excluding hydrogens is 244 g/mol. The van der Waals surface area contributed by atoms with Gasteiger partial charge in [0.2, 0.25) is 0 Å². The van der Waals surface area contributed by atoms with E-state index in [-0.39, 0.29) is 12.1 Å². The van der Waals surface area contributed by atoms with Crippen molar-refractivity contribution in [2.24, 2.45) is 11.8 Å². The van der Waals surface area contributed by atoms with Gasteiger partial charge in [0, 0.05) is 19.6 Å². The number of aliphatic carboxylic acids is 1. The van der Waals surface area contributed by atoms with Gasteiger partial charge in [0.1, 0.15) is 6.04 Å². The summed E-state index contributed by atoms with van der Waals surface area (Å²) >= 11 is 0. The van der Waals surface area contributed by atoms with Gasteiger partial charge in [-0.3, -0.25) is 0 Å². The maximum atomic E-state index is 12.5. The number of carbonyl (C=O) groups excluding carboxylic acids is 1. The average molecular weight is 270 g/mol. The van der Waals surface area contributed by atoms with Crippen LogP contribution in [-0.2, 0) is 4.79 Å². The van der Waals surface area contributed by atoms with Gasteiger partial charge in [0.15, 0.2) is 0 Å². The van der Waals surface area contributed by atoms with Crippen LogP contribution in [0.15, 0.2) is 0 Å². The Kier molecular flexibility index (Phi) is 5.20. The lowest BCUT2D eigenvalue weighted by molar-refractivity contribution is -0.142. The lowest BCUT2D eigenvalue weighted by atomic mass is 9.86. The van der Waals surface area contributed by atoms with Crippen LogP contribution in [-0.4, -0.2) is 52.6 Å². The Hall–Kier alpha value is -1.26. The van der Waals surface area contributed by atoms with Crippen LogP contribution in [0.1, 0.15) is 40.5 Å². The second kappa shape index (κ2) is 6.26. The highest BCUT2D eigenvalue weighted by molar-refractivity contribution is 5.82. The Balaban J connectivity index is 2.83. The van der Waals surface area contributed by atoms with Gasteiger partial charge >= 0.3 is 12.0 Å². The highest BCUT2D eigenvalue weighted by Gasteiger charge is 2.36. The molecule has 0 bridgehead atoms. The topological polar surface area (TPSA) is 60.9 Å². The van der Waals surface area contributed by atoms with Crippen molar-refractivity contribution in [1.29, 1.82) is 0 Å². The summed E-state index contributed by atoms with van der Waals surface area (Å²) in [7, 11) is 1.58. The van der Waals surface area contributed by atoms with Crippen LogP contribution in [0, 0.1) is 11.8 Å². The summed E-state index contributed by atoms with van der Waals surface area (Å²) in [6.45, 7) is 8.83. The third-order valence-corrected chi connectivity index (χ3v) is 4.28. The van der Waals surface area contributed by atoms with E-state index in [1.807, 2.05) is 11.8 Å². The van der Waals surface area contributed by atoms with Gasteiger partial charge in [-0.15, -0.1) is 0 Å². The van der Waals surface area contributed by atoms with E-state index < -0.39 is 12.0 Å². The lowest BCUT2D eigenvalue weighted by Crippen LogP contribution is -2.55. The minimum atomic E-state index is -0.941. The highest BCUT2D eigenvalue weighted by atomic mass is 16.4. The normalized spacial score (nSPS) is 28.9. The van der Waals surface area contributed by atoms with Gasteiger partial charge in [-0.25, -0.2) is 9.59 Å². The molecule has 1 saturated heterocycles. The number of hydrogen-bond donors (Lipinski definition) is 1. The van der Waals surface area contributed by atoms with Crippen LogP contribution >= 0.6 is 0 Å². The van der Waals surface area contributed by atoms with Gasteiger partial charge in [-0.1, -0.05) is 20.8 Å². The standard InChI is InChI=1S/C14H26N2O3/c1-6-12(13(17)18)15(5)14(19)16-8-9(2)7-10(3)11(16)4/h9-12H,6-8H2,1-5H3,(H,17,18). The van der Waals surface area contributed by atoms with E-state index in [2.05, 4.69) is 13.8 Å². The first kappa shape index (κ1) is 15.8. The Morgan fingerprint density at radius 3 is 2.42 bits per heavy atom. The first-order valence-electron chi connectivity index (χ1n) is 7.05. The quantitative estimate of drug-likeness (QED) is 0.855. The molecule has 19 heavy (non-hydrogen) atoms. The van der Waals surface area contributed by atoms with Crippen molar-refractivity contribution in [2.75, 3.05) is 13.6 Å². The second-order valence-corrected chi connectivity index (χ2v) is 5.87. The first-order valence-corrected chi connectivity index (χ1v) is 7.05. The molecule has 0 aromatic rings. The molecule has 1 aliphatic rings. The molecule has 0 aromatic carbocycles. The third-order valence-electron chi connectivity index (χ3n) is 4.28. The molecule has 110 valence electrons. The molecule has 0 aliphatic carbocycles. The second-order valence-electron chi connectivity index (χ2n) is 5.87. The maximum Gasteiger partial charge on any atom is 0.326 e. The number of carbonyl (C=O) groups is 2. The van der Waals surface area contributed by atoms with E-state index in [4.69, 9.17) is 5.11 Å². The molecule has 4 atom stereocenters. The molecule has 4 unspecified atom stereocenters. The number of rotatable bonds is 3. The van der Waals surface area contributed by atoms with Crippen molar-refractivity contribution in [1.82, 2.24) is 9.80 Å². The van der Waals surface area contributed by atoms with Crippen molar-refractivity contribution < 1.29 is 14.7 Å². The van der Waals surface area contributed by atoms with Crippen LogP contribution < -0.4 is 0 Å². The summed E-state index contributed by atoms with van der Waals surface area (Å²) in [4.78, 5) is 26.8. The maximum absolute atomic E-state index is 12.5. The van der Waals surface area contributed by atoms with Crippen LogP contribution in [0.25, 0.3) is 0 Å². The Morgan fingerprint density at radius 1 is 1.37 bits per heavy atom. The van der Waals surface area contributed by atoms with Crippen LogP contribution in [0.3, 0.4) is 0 Å². The Bertz CT molecular complexity index is 346. The monoisotopic (exact) mass is 270 g/mol. The van der Waals surface area contributed by atoms with Crippen LogP contribution in [0.5, 0.6) is 0 Å². The molecule has 0 aromatic heterocycles. The summed E-state index contributed by atoms with van der Waals surface area (Å²) < 4.78 is 0. The van der Waals surface area contributed by atoms with E-state index in [1.54, 1.807) is 14.0 Å². The summed E-state index contributed by atoms with van der Waals surface area (Å²) in [5, 5.41) is 9.15. The number of carboxylic acid groups (broad SMARTS) is 1. The smallest absolute Gasteiger partial charge is 0.326 e. The molecule has 0 radical (unpaired) electrons. The molecule has 1 N–H and O–H groups in total. The van der Waals surface area contributed by atoms with Gasteiger partial charge in [-0.2, -0.15) is 0 Å². The number of piperidine rings is 1. The Morgan fingerprint density at radius 2 is 1.95 bits per heavy atom. The number of nitrogens with zero attached hydrogens (tertiary/aromatic N) is 2. The largest absolute Gasteiger partial charge is 0.480 e. The van der Waals surface area contributed by atoms with E-state index in [0.29, 0.717) is 24.8 Å². The zero-order chi connectivity index (χ0) is 14.7. The summed E-state index contributed by atoms with van der Waals surface area (Å²) in [5.41, 5.74) is 0. The van der Waals surface area contributed by atoms with E-state index >= 15 is 0 Å². The molecule has 1 fully saturated rings. The number of urea groups is 1. The third kappa shape index (κ3) is 3.39. The van der Waals surface area contributed by atoms with E-state index in [9.17, 15) is 9.59 Å². The van der Waals surface area contributed by atoms with Crippen molar-refractivity contribution >= 4 is 12.0 Å². The minimum Gasteiger partial charge on any atom is -0.480 e. The summed E-state index contributed by atoms with van der Waals surface area (Å²) in [6, 6.07) is -0.746. The number of likely N-dealkylation sites (tertiary alicyclic amines) is 1. The molecule has 0 saturated carbocycles. The highest BCUT2D eigenvalue weighted by Crippen LogP contribution is 2.28. The average Bonchev–Trinajstić information content (AvgIpc) is 2.33. The number of carboxylic acids is 1. The predicted octanol–water partition coefficient (Wildman–Crippen LogP) is 2.27. The van der Waals surface area contributed by atoms with Crippen molar-refractivity contribution in [3.05, 3.63) is 0 Å². The summed E-state index contributed by atoms with van der Waals surface area (Å²) in [6.07, 6.45) is 1.54. The molecule has 5 nitrogen and oxygen atoms in total. The lowest BCUT2D eigenvalue weighted by Gasteiger charge is -2.43. The molecule has 1 rings (SSSR count). The summed E-state index contributed by atoms with van der Waals surface area (Å²) in [5.74, 6) is -0.0245. The van der Waals surface area contributed by atoms with Gasteiger partial charge < -0.3 is 14.9 Å². The minimum absolute atomic E-state index is 0.164. The SMILES string of the molecule is CCC(C(=O)O)N(C)C(=O)N1CC(C)CC(C)C1C. The molecular formula is C14H26N2O3. The van der Waals surface area contributed by atoms with Crippen molar-refractivity contribution in [3.8, 4) is 0 Å². The zero-order valence-corrected chi connectivity index (χ0v) is 12.6. The molecule has 2 amide bonds. The van der Waals surface area contributed by atoms with E-state index in [0.717, 1.165) is 6.42 Å². The van der Waals surface area contributed by atoms with Crippen molar-refractivity contribution in [2.45, 2.75) is 52.6 Å². The first-order chi connectivity index (χ1) is 8.79.